The summed E-state index contributed by atoms with van der Waals surface area (Å²) in [7, 11) is 0. The molecule has 0 saturated carbocycles. The van der Waals surface area contributed by atoms with E-state index in [0.717, 1.165) is 88.5 Å². The summed E-state index contributed by atoms with van der Waals surface area (Å²) < 4.78 is 9.14. The summed E-state index contributed by atoms with van der Waals surface area (Å²) in [6, 6.07) is 75.5. The van der Waals surface area contributed by atoms with E-state index in [1.165, 1.54) is 32.3 Å². The van der Waals surface area contributed by atoms with Gasteiger partial charge in [-0.05, 0) is 84.9 Å². The van der Waals surface area contributed by atoms with Gasteiger partial charge in [-0.15, -0.1) is 0 Å². The summed E-state index contributed by atoms with van der Waals surface area (Å²) in [4.78, 5) is 11.2. The van der Waals surface area contributed by atoms with E-state index in [-0.39, 0.29) is 0 Å². The molecule has 62 heavy (non-hydrogen) atoms. The van der Waals surface area contributed by atoms with Crippen molar-refractivity contribution < 1.29 is 4.42 Å². The fourth-order valence-corrected chi connectivity index (χ4v) is 9.85. The number of benzene rings is 10. The van der Waals surface area contributed by atoms with Crippen molar-refractivity contribution >= 4 is 76.1 Å². The van der Waals surface area contributed by atoms with Gasteiger partial charge in [-0.2, -0.15) is 0 Å². The first-order valence-corrected chi connectivity index (χ1v) is 21.1. The minimum atomic E-state index is 0.586. The van der Waals surface area contributed by atoms with Gasteiger partial charge in [0.05, 0.1) is 22.4 Å². The Morgan fingerprint density at radius 1 is 0.339 bits per heavy atom. The molecule has 4 nitrogen and oxygen atoms in total. The molecule has 0 aliphatic rings. The predicted molar refractivity (Wildman–Crippen MR) is 258 cm³/mol. The van der Waals surface area contributed by atoms with Crippen LogP contribution in [0.4, 0.5) is 0 Å². The Morgan fingerprint density at radius 2 is 0.806 bits per heavy atom. The highest BCUT2D eigenvalue weighted by Gasteiger charge is 2.25. The molecular weight excluding hydrogens is 755 g/mol. The topological polar surface area (TPSA) is 43.9 Å². The fraction of sp³-hybridized carbons (Fsp3) is 0. The minimum Gasteiger partial charge on any atom is -0.455 e. The number of aromatic nitrogens is 3. The van der Waals surface area contributed by atoms with Crippen molar-refractivity contribution in [3.63, 3.8) is 0 Å². The quantitative estimate of drug-likeness (QED) is 0.174. The Balaban J connectivity index is 1.22. The highest BCUT2D eigenvalue weighted by molar-refractivity contribution is 6.31. The number of hydrogen-bond acceptors (Lipinski definition) is 3. The first-order chi connectivity index (χ1) is 30.8. The van der Waals surface area contributed by atoms with Gasteiger partial charge in [0.1, 0.15) is 11.2 Å². The predicted octanol–water partition coefficient (Wildman–Crippen LogP) is 15.6. The highest BCUT2D eigenvalue weighted by atomic mass is 16.3. The summed E-state index contributed by atoms with van der Waals surface area (Å²) in [6.07, 6.45) is 0. The molecule has 0 aliphatic heterocycles. The van der Waals surface area contributed by atoms with E-state index in [9.17, 15) is 0 Å². The lowest BCUT2D eigenvalue weighted by Gasteiger charge is -2.14. The van der Waals surface area contributed by atoms with E-state index in [0.29, 0.717) is 5.95 Å². The van der Waals surface area contributed by atoms with Crippen LogP contribution in [0, 0.1) is 0 Å². The second-order valence-corrected chi connectivity index (χ2v) is 16.0. The van der Waals surface area contributed by atoms with Gasteiger partial charge in [-0.1, -0.05) is 182 Å². The van der Waals surface area contributed by atoms with Crippen LogP contribution in [0.1, 0.15) is 0 Å². The van der Waals surface area contributed by atoms with E-state index in [4.69, 9.17) is 14.4 Å². The van der Waals surface area contributed by atoms with E-state index >= 15 is 0 Å². The molecule has 0 saturated heterocycles. The van der Waals surface area contributed by atoms with Crippen LogP contribution in [0.3, 0.4) is 0 Å². The zero-order valence-corrected chi connectivity index (χ0v) is 33.5. The maximum absolute atomic E-state index is 6.82. The maximum atomic E-state index is 6.82. The van der Waals surface area contributed by atoms with Gasteiger partial charge in [0.15, 0.2) is 0 Å². The molecule has 0 bridgehead atoms. The molecule has 13 rings (SSSR count). The molecule has 0 radical (unpaired) electrons. The van der Waals surface area contributed by atoms with Crippen LogP contribution in [0.25, 0.3) is 127 Å². The van der Waals surface area contributed by atoms with E-state index in [2.05, 4.69) is 205 Å². The summed E-state index contributed by atoms with van der Waals surface area (Å²) in [6.45, 7) is 0. The van der Waals surface area contributed by atoms with Gasteiger partial charge in [-0.25, -0.2) is 9.97 Å². The van der Waals surface area contributed by atoms with E-state index in [1.807, 2.05) is 12.1 Å². The number of para-hydroxylation sites is 1. The molecule has 288 valence electrons. The monoisotopic (exact) mass is 789 g/mol. The lowest BCUT2D eigenvalue weighted by Crippen LogP contribution is -2.04. The normalized spacial score (nSPS) is 11.9. The molecular formula is C58H35N3O. The molecule has 0 aliphatic carbocycles. The van der Waals surface area contributed by atoms with Crippen LogP contribution in [-0.2, 0) is 0 Å². The van der Waals surface area contributed by atoms with Gasteiger partial charge < -0.3 is 4.42 Å². The molecule has 0 fully saturated rings. The van der Waals surface area contributed by atoms with Crippen LogP contribution in [-0.4, -0.2) is 14.5 Å². The van der Waals surface area contributed by atoms with Crippen LogP contribution in [0.2, 0.25) is 0 Å². The highest BCUT2D eigenvalue weighted by Crippen LogP contribution is 2.47. The van der Waals surface area contributed by atoms with Gasteiger partial charge in [0, 0.05) is 32.7 Å². The van der Waals surface area contributed by atoms with Crippen molar-refractivity contribution in [1.82, 2.24) is 14.5 Å². The zero-order chi connectivity index (χ0) is 40.7. The number of rotatable bonds is 5. The molecule has 3 heterocycles. The van der Waals surface area contributed by atoms with E-state index in [1.54, 1.807) is 0 Å². The average molecular weight is 790 g/mol. The third kappa shape index (κ3) is 5.20. The molecule has 4 heteroatoms. The zero-order valence-electron chi connectivity index (χ0n) is 33.5. The number of fused-ring (bicyclic) bond motifs is 12. The molecule has 13 aromatic rings. The molecule has 0 amide bonds. The van der Waals surface area contributed by atoms with Gasteiger partial charge in [-0.3, -0.25) is 4.57 Å². The van der Waals surface area contributed by atoms with Crippen LogP contribution in [0.5, 0.6) is 0 Å². The van der Waals surface area contributed by atoms with Crippen LogP contribution in [0.15, 0.2) is 217 Å². The minimum absolute atomic E-state index is 0.586. The van der Waals surface area contributed by atoms with Crippen molar-refractivity contribution in [1.29, 1.82) is 0 Å². The maximum Gasteiger partial charge on any atom is 0.235 e. The SMILES string of the molecule is c1ccc(-c2cc(-c3cc4ccccc4c4c3oc3ccccc34)nc(-n3c4cc(-c5ccccc5)c5ccccc5c4c4c5ccccc5c(-c5ccccc5)cc43)n2)cc1. The summed E-state index contributed by atoms with van der Waals surface area (Å²) in [5.41, 5.74) is 11.9. The van der Waals surface area contributed by atoms with Crippen LogP contribution < -0.4 is 0 Å². The standard InChI is InChI=1S/C58H35N3O/c1-4-18-36(19-5-1)46-33-51-55(43-28-14-12-26-41(43)46)56-44-29-15-13-27-42(44)47(37-20-6-2-7-21-37)34-52(56)61(51)58-59-49(38-22-8-3-9-23-38)35-50(60-58)48-32-39-24-10-11-25-40(39)54-45-30-16-17-31-53(45)62-57(48)54/h1-35H. The first-order valence-electron chi connectivity index (χ1n) is 21.1. The molecule has 0 atom stereocenters. The van der Waals surface area contributed by atoms with Crippen molar-refractivity contribution in [2.75, 3.05) is 0 Å². The second kappa shape index (κ2) is 13.6. The fourth-order valence-electron chi connectivity index (χ4n) is 9.85. The third-order valence-corrected chi connectivity index (χ3v) is 12.6. The summed E-state index contributed by atoms with van der Waals surface area (Å²) in [5, 5.41) is 11.6. The number of hydrogen-bond donors (Lipinski definition) is 0. The molecule has 0 spiro atoms. The van der Waals surface area contributed by atoms with Gasteiger partial charge in [0.25, 0.3) is 0 Å². The van der Waals surface area contributed by atoms with Crippen molar-refractivity contribution in [3.05, 3.63) is 212 Å². The number of furan rings is 1. The third-order valence-electron chi connectivity index (χ3n) is 12.6. The Bertz CT molecular complexity index is 3770. The Labute approximate surface area is 356 Å². The van der Waals surface area contributed by atoms with Crippen molar-refractivity contribution in [2.45, 2.75) is 0 Å². The molecule has 10 aromatic carbocycles. The average Bonchev–Trinajstić information content (AvgIpc) is 3.91. The summed E-state index contributed by atoms with van der Waals surface area (Å²) >= 11 is 0. The second-order valence-electron chi connectivity index (χ2n) is 16.0. The Kier molecular flexibility index (Phi) is 7.57. The molecule has 0 unspecified atom stereocenters. The largest absolute Gasteiger partial charge is 0.455 e. The van der Waals surface area contributed by atoms with Crippen molar-refractivity contribution in [3.8, 4) is 50.7 Å². The van der Waals surface area contributed by atoms with Crippen LogP contribution >= 0.6 is 0 Å². The molecule has 3 aromatic heterocycles. The lowest BCUT2D eigenvalue weighted by molar-refractivity contribution is 0.670. The Hall–Kier alpha value is -8.34. The first kappa shape index (κ1) is 34.5. The molecule has 0 N–H and O–H groups in total. The lowest BCUT2D eigenvalue weighted by atomic mass is 9.92. The number of nitrogens with zero attached hydrogens (tertiary/aromatic N) is 3. The van der Waals surface area contributed by atoms with Gasteiger partial charge in [0.2, 0.25) is 5.95 Å². The van der Waals surface area contributed by atoms with E-state index < -0.39 is 0 Å². The summed E-state index contributed by atoms with van der Waals surface area (Å²) in [5.74, 6) is 0.586. The Morgan fingerprint density at radius 3 is 1.40 bits per heavy atom. The smallest absolute Gasteiger partial charge is 0.235 e. The van der Waals surface area contributed by atoms with Gasteiger partial charge >= 0.3 is 0 Å². The van der Waals surface area contributed by atoms with Crippen molar-refractivity contribution in [2.24, 2.45) is 0 Å².